The van der Waals surface area contributed by atoms with Crippen molar-refractivity contribution >= 4 is 12.2 Å². The Balaban J connectivity index is 1.57. The van der Waals surface area contributed by atoms with Crippen molar-refractivity contribution in [1.29, 1.82) is 0 Å². The van der Waals surface area contributed by atoms with Crippen LogP contribution >= 0.6 is 0 Å². The molecule has 1 aromatic carbocycles. The molecule has 0 bridgehead atoms. The first-order chi connectivity index (χ1) is 15.9. The molecule has 3 heterocycles. The smallest absolute Gasteiger partial charge is 0.313 e. The van der Waals surface area contributed by atoms with Gasteiger partial charge in [-0.25, -0.2) is 4.68 Å². The SMILES string of the molecule is C=Cn1cc(CN2CCC[C@](Cc3cc(-c4ccccc4C)no3)(C(=O)OCC)C2)c(C)n1. The van der Waals surface area contributed by atoms with Crippen molar-refractivity contribution < 1.29 is 14.1 Å². The molecule has 2 aromatic heterocycles. The van der Waals surface area contributed by atoms with E-state index in [2.05, 4.69) is 34.7 Å². The Labute approximate surface area is 195 Å². The van der Waals surface area contributed by atoms with Crippen molar-refractivity contribution in [3.8, 4) is 11.3 Å². The zero-order chi connectivity index (χ0) is 23.4. The highest BCUT2D eigenvalue weighted by molar-refractivity contribution is 5.78. The minimum atomic E-state index is -0.668. The van der Waals surface area contributed by atoms with Crippen molar-refractivity contribution in [2.24, 2.45) is 5.41 Å². The van der Waals surface area contributed by atoms with Crippen LogP contribution in [0.4, 0.5) is 0 Å². The van der Waals surface area contributed by atoms with E-state index in [9.17, 15) is 4.79 Å². The number of piperidine rings is 1. The fourth-order valence-electron chi connectivity index (χ4n) is 4.76. The van der Waals surface area contributed by atoms with Gasteiger partial charge in [0.05, 0.1) is 17.7 Å². The molecule has 33 heavy (non-hydrogen) atoms. The minimum absolute atomic E-state index is 0.165. The molecule has 174 valence electrons. The van der Waals surface area contributed by atoms with Crippen molar-refractivity contribution in [3.63, 3.8) is 0 Å². The number of ether oxygens (including phenoxy) is 1. The summed E-state index contributed by atoms with van der Waals surface area (Å²) >= 11 is 0. The van der Waals surface area contributed by atoms with Gasteiger partial charge in [-0.05, 0) is 45.7 Å². The van der Waals surface area contributed by atoms with E-state index in [1.807, 2.05) is 44.3 Å². The van der Waals surface area contributed by atoms with E-state index in [0.717, 1.165) is 54.0 Å². The fraction of sp³-hybridized carbons (Fsp3) is 0.423. The second-order valence-electron chi connectivity index (χ2n) is 8.89. The Kier molecular flexibility index (Phi) is 6.79. The number of benzene rings is 1. The molecule has 3 aromatic rings. The number of hydrogen-bond acceptors (Lipinski definition) is 6. The van der Waals surface area contributed by atoms with Gasteiger partial charge in [0, 0.05) is 49.1 Å². The van der Waals surface area contributed by atoms with Crippen LogP contribution in [0.15, 0.2) is 47.6 Å². The number of nitrogens with zero attached hydrogens (tertiary/aromatic N) is 4. The maximum atomic E-state index is 13.2. The molecule has 0 unspecified atom stereocenters. The Morgan fingerprint density at radius 2 is 2.15 bits per heavy atom. The van der Waals surface area contributed by atoms with E-state index in [-0.39, 0.29) is 5.97 Å². The largest absolute Gasteiger partial charge is 0.466 e. The van der Waals surface area contributed by atoms with E-state index in [0.29, 0.717) is 25.3 Å². The van der Waals surface area contributed by atoms with E-state index >= 15 is 0 Å². The normalized spacial score (nSPS) is 18.9. The number of aryl methyl sites for hydroxylation is 2. The lowest BCUT2D eigenvalue weighted by atomic mass is 9.76. The summed E-state index contributed by atoms with van der Waals surface area (Å²) in [6, 6.07) is 10.0. The van der Waals surface area contributed by atoms with E-state index in [4.69, 9.17) is 9.26 Å². The second-order valence-corrected chi connectivity index (χ2v) is 8.89. The number of carbonyl (C=O) groups is 1. The summed E-state index contributed by atoms with van der Waals surface area (Å²) in [5.74, 6) is 0.542. The van der Waals surface area contributed by atoms with Gasteiger partial charge < -0.3 is 9.26 Å². The third-order valence-corrected chi connectivity index (χ3v) is 6.46. The van der Waals surface area contributed by atoms with Crippen LogP contribution in [0.2, 0.25) is 0 Å². The number of aromatic nitrogens is 3. The van der Waals surface area contributed by atoms with Gasteiger partial charge in [0.25, 0.3) is 0 Å². The summed E-state index contributed by atoms with van der Waals surface area (Å²) in [4.78, 5) is 15.5. The first kappa shape index (κ1) is 23.0. The maximum absolute atomic E-state index is 13.2. The third-order valence-electron chi connectivity index (χ3n) is 6.46. The summed E-state index contributed by atoms with van der Waals surface area (Å²) < 4.78 is 13.0. The molecule has 0 amide bonds. The van der Waals surface area contributed by atoms with Crippen molar-refractivity contribution in [2.45, 2.75) is 46.6 Å². The highest BCUT2D eigenvalue weighted by atomic mass is 16.5. The molecular formula is C26H32N4O3. The average Bonchev–Trinajstić information content (AvgIpc) is 3.40. The van der Waals surface area contributed by atoms with Gasteiger partial charge >= 0.3 is 5.97 Å². The monoisotopic (exact) mass is 448 g/mol. The van der Waals surface area contributed by atoms with Gasteiger partial charge in [-0.1, -0.05) is 36.0 Å². The minimum Gasteiger partial charge on any atom is -0.466 e. The van der Waals surface area contributed by atoms with Gasteiger partial charge in [0.15, 0.2) is 0 Å². The zero-order valence-electron chi connectivity index (χ0n) is 19.7. The standard InChI is InChI=1S/C26H32N4O3/c1-5-30-17-21(20(4)27-30)16-29-13-9-12-26(18-29,25(31)32-6-2)15-22-14-24(28-33-22)23-11-8-7-10-19(23)3/h5,7-8,10-11,14,17H,1,6,9,12-13,15-16,18H2,2-4H3/t26-/m1/s1. The number of carbonyl (C=O) groups excluding carboxylic acids is 1. The molecule has 0 radical (unpaired) electrons. The number of rotatable bonds is 8. The van der Waals surface area contributed by atoms with Crippen LogP contribution in [0.3, 0.4) is 0 Å². The molecule has 0 N–H and O–H groups in total. The molecular weight excluding hydrogens is 416 g/mol. The topological polar surface area (TPSA) is 73.4 Å². The summed E-state index contributed by atoms with van der Waals surface area (Å²) in [6.45, 7) is 12.3. The molecule has 1 aliphatic rings. The van der Waals surface area contributed by atoms with Crippen LogP contribution < -0.4 is 0 Å². The summed E-state index contributed by atoms with van der Waals surface area (Å²) in [5, 5.41) is 8.76. The van der Waals surface area contributed by atoms with E-state index in [1.165, 1.54) is 0 Å². The first-order valence-corrected chi connectivity index (χ1v) is 11.5. The Morgan fingerprint density at radius 1 is 1.33 bits per heavy atom. The molecule has 1 atom stereocenters. The lowest BCUT2D eigenvalue weighted by Crippen LogP contribution is -2.49. The number of hydrogen-bond donors (Lipinski definition) is 0. The Morgan fingerprint density at radius 3 is 2.88 bits per heavy atom. The van der Waals surface area contributed by atoms with Crippen molar-refractivity contribution in [1.82, 2.24) is 19.8 Å². The average molecular weight is 449 g/mol. The van der Waals surface area contributed by atoms with Gasteiger partial charge in [-0.3, -0.25) is 9.69 Å². The van der Waals surface area contributed by atoms with Gasteiger partial charge in [-0.2, -0.15) is 5.10 Å². The van der Waals surface area contributed by atoms with Crippen LogP contribution in [0, 0.1) is 19.3 Å². The highest BCUT2D eigenvalue weighted by Crippen LogP contribution is 2.37. The first-order valence-electron chi connectivity index (χ1n) is 11.5. The van der Waals surface area contributed by atoms with E-state index < -0.39 is 5.41 Å². The van der Waals surface area contributed by atoms with Crippen LogP contribution in [0.1, 0.15) is 42.3 Å². The molecule has 4 rings (SSSR count). The van der Waals surface area contributed by atoms with Crippen molar-refractivity contribution in [2.75, 3.05) is 19.7 Å². The molecule has 0 spiro atoms. The van der Waals surface area contributed by atoms with Gasteiger partial charge in [-0.15, -0.1) is 0 Å². The summed E-state index contributed by atoms with van der Waals surface area (Å²) in [6.07, 6.45) is 5.81. The fourth-order valence-corrected chi connectivity index (χ4v) is 4.76. The number of likely N-dealkylation sites (tertiary alicyclic amines) is 1. The molecule has 1 saturated heterocycles. The predicted octanol–water partition coefficient (Wildman–Crippen LogP) is 4.64. The summed E-state index contributed by atoms with van der Waals surface area (Å²) in [5.41, 5.74) is 4.41. The van der Waals surface area contributed by atoms with Crippen LogP contribution in [-0.2, 0) is 22.5 Å². The van der Waals surface area contributed by atoms with Crippen LogP contribution in [-0.4, -0.2) is 45.5 Å². The predicted molar refractivity (Wildman–Crippen MR) is 127 cm³/mol. The lowest BCUT2D eigenvalue weighted by Gasteiger charge is -2.40. The zero-order valence-corrected chi connectivity index (χ0v) is 19.7. The molecule has 1 aliphatic heterocycles. The molecule has 7 nitrogen and oxygen atoms in total. The Bertz CT molecular complexity index is 1130. The molecule has 1 fully saturated rings. The molecule has 7 heteroatoms. The molecule has 0 aliphatic carbocycles. The maximum Gasteiger partial charge on any atom is 0.313 e. The van der Waals surface area contributed by atoms with E-state index in [1.54, 1.807) is 10.9 Å². The number of esters is 1. The van der Waals surface area contributed by atoms with Gasteiger partial charge in [0.1, 0.15) is 11.5 Å². The quantitative estimate of drug-likeness (QED) is 0.467. The molecule has 0 saturated carbocycles. The van der Waals surface area contributed by atoms with Gasteiger partial charge in [0.2, 0.25) is 0 Å². The summed E-state index contributed by atoms with van der Waals surface area (Å²) in [7, 11) is 0. The second kappa shape index (κ2) is 9.75. The van der Waals surface area contributed by atoms with Crippen LogP contribution in [0.25, 0.3) is 17.5 Å². The lowest BCUT2D eigenvalue weighted by molar-refractivity contribution is -0.159. The Hall–Kier alpha value is -3.19. The van der Waals surface area contributed by atoms with Crippen molar-refractivity contribution in [3.05, 3.63) is 65.7 Å². The van der Waals surface area contributed by atoms with Crippen LogP contribution in [0.5, 0.6) is 0 Å². The highest BCUT2D eigenvalue weighted by Gasteiger charge is 2.44. The third kappa shape index (κ3) is 4.93.